The lowest BCUT2D eigenvalue weighted by atomic mass is 9.97. The molecule has 0 saturated heterocycles. The molecule has 0 saturated carbocycles. The van der Waals surface area contributed by atoms with E-state index in [1.165, 1.54) is 37.3 Å². The molecule has 0 aromatic rings. The average molecular weight is 285 g/mol. The van der Waals surface area contributed by atoms with E-state index in [1.54, 1.807) is 0 Å². The quantitative estimate of drug-likeness (QED) is 0.450. The summed E-state index contributed by atoms with van der Waals surface area (Å²) in [6.07, 6.45) is 7.05. The van der Waals surface area contributed by atoms with E-state index in [0.717, 1.165) is 16.7 Å². The maximum Gasteiger partial charge on any atom is 0.0864 e. The summed E-state index contributed by atoms with van der Waals surface area (Å²) in [6.45, 7) is 15.7. The SMILES string of the molecule is C=C([SiH3])C(CCC)(NC(CC)CC)NC(CC)CC. The van der Waals surface area contributed by atoms with E-state index in [4.69, 9.17) is 0 Å². The maximum atomic E-state index is 4.33. The second kappa shape index (κ2) is 9.73. The molecule has 0 unspecified atom stereocenters. The van der Waals surface area contributed by atoms with Gasteiger partial charge in [0.05, 0.1) is 5.66 Å². The summed E-state index contributed by atoms with van der Waals surface area (Å²) in [5.74, 6) is 0. The molecule has 0 spiro atoms. The van der Waals surface area contributed by atoms with Crippen molar-refractivity contribution in [2.24, 2.45) is 0 Å². The number of hydrogen-bond donors (Lipinski definition) is 2. The van der Waals surface area contributed by atoms with Gasteiger partial charge < -0.3 is 0 Å². The molecule has 0 radical (unpaired) electrons. The molecule has 0 aliphatic rings. The van der Waals surface area contributed by atoms with Gasteiger partial charge in [-0.05, 0) is 32.1 Å². The van der Waals surface area contributed by atoms with Crippen molar-refractivity contribution in [2.75, 3.05) is 0 Å². The Balaban J connectivity index is 5.10. The van der Waals surface area contributed by atoms with E-state index < -0.39 is 0 Å². The van der Waals surface area contributed by atoms with E-state index in [2.05, 4.69) is 51.8 Å². The molecule has 2 N–H and O–H groups in total. The largest absolute Gasteiger partial charge is 0.293 e. The van der Waals surface area contributed by atoms with Crippen molar-refractivity contribution in [1.29, 1.82) is 0 Å². The van der Waals surface area contributed by atoms with E-state index in [9.17, 15) is 0 Å². The summed E-state index contributed by atoms with van der Waals surface area (Å²) in [4.78, 5) is 0. The number of rotatable bonds is 11. The lowest BCUT2D eigenvalue weighted by Crippen LogP contribution is -2.63. The van der Waals surface area contributed by atoms with Gasteiger partial charge in [-0.15, -0.1) is 6.58 Å². The summed E-state index contributed by atoms with van der Waals surface area (Å²) in [5.41, 5.74) is -0.0334. The molecule has 0 heterocycles. The van der Waals surface area contributed by atoms with Gasteiger partial charge in [0.2, 0.25) is 0 Å². The van der Waals surface area contributed by atoms with E-state index in [-0.39, 0.29) is 5.66 Å². The highest BCUT2D eigenvalue weighted by molar-refractivity contribution is 6.22. The van der Waals surface area contributed by atoms with Gasteiger partial charge in [-0.2, -0.15) is 0 Å². The van der Waals surface area contributed by atoms with Crippen LogP contribution >= 0.6 is 0 Å². The molecular weight excluding hydrogens is 248 g/mol. The fraction of sp³-hybridized carbons (Fsp3) is 0.875. The van der Waals surface area contributed by atoms with Gasteiger partial charge in [0.1, 0.15) is 0 Å². The molecule has 0 rings (SSSR count). The van der Waals surface area contributed by atoms with Crippen molar-refractivity contribution in [2.45, 2.75) is 90.9 Å². The normalized spacial score (nSPS) is 12.6. The van der Waals surface area contributed by atoms with Crippen LogP contribution in [0.2, 0.25) is 0 Å². The van der Waals surface area contributed by atoms with Crippen LogP contribution in [0.1, 0.15) is 73.1 Å². The summed E-state index contributed by atoms with van der Waals surface area (Å²) < 4.78 is 0. The maximum absolute atomic E-state index is 4.33. The molecule has 0 bridgehead atoms. The van der Waals surface area contributed by atoms with Crippen LogP contribution in [0.15, 0.2) is 11.8 Å². The van der Waals surface area contributed by atoms with Crippen LogP contribution in [0, 0.1) is 0 Å². The molecule has 0 aromatic carbocycles. The van der Waals surface area contributed by atoms with Crippen molar-refractivity contribution in [3.8, 4) is 0 Å². The predicted octanol–water partition coefficient (Wildman–Crippen LogP) is 2.92. The van der Waals surface area contributed by atoms with Crippen LogP contribution in [0.5, 0.6) is 0 Å². The molecule has 114 valence electrons. The fourth-order valence-corrected chi connectivity index (χ4v) is 3.24. The van der Waals surface area contributed by atoms with Crippen molar-refractivity contribution in [3.63, 3.8) is 0 Å². The van der Waals surface area contributed by atoms with Crippen LogP contribution in [-0.4, -0.2) is 28.0 Å². The van der Waals surface area contributed by atoms with Gasteiger partial charge >= 0.3 is 0 Å². The van der Waals surface area contributed by atoms with E-state index in [0.29, 0.717) is 12.1 Å². The first-order chi connectivity index (χ1) is 8.99. The fourth-order valence-electron chi connectivity index (χ4n) is 2.70. The third-order valence-corrected chi connectivity index (χ3v) is 5.08. The third-order valence-electron chi connectivity index (χ3n) is 4.23. The molecule has 0 atom stereocenters. The van der Waals surface area contributed by atoms with Gasteiger partial charge in [-0.3, -0.25) is 10.6 Å². The van der Waals surface area contributed by atoms with Crippen molar-refractivity contribution < 1.29 is 0 Å². The van der Waals surface area contributed by atoms with Crippen LogP contribution in [0.4, 0.5) is 0 Å². The Labute approximate surface area is 124 Å². The minimum Gasteiger partial charge on any atom is -0.293 e. The van der Waals surface area contributed by atoms with Crippen LogP contribution < -0.4 is 10.6 Å². The number of nitrogens with one attached hydrogen (secondary N) is 2. The summed E-state index contributed by atoms with van der Waals surface area (Å²) >= 11 is 0. The highest BCUT2D eigenvalue weighted by Crippen LogP contribution is 2.21. The first kappa shape index (κ1) is 18.9. The Morgan fingerprint density at radius 1 is 0.947 bits per heavy atom. The van der Waals surface area contributed by atoms with Crippen molar-refractivity contribution in [1.82, 2.24) is 10.6 Å². The highest BCUT2D eigenvalue weighted by atomic mass is 28.1. The predicted molar refractivity (Wildman–Crippen MR) is 91.7 cm³/mol. The van der Waals surface area contributed by atoms with Gasteiger partial charge in [-0.1, -0.05) is 46.2 Å². The average Bonchev–Trinajstić information content (AvgIpc) is 2.41. The standard InChI is InChI=1S/C16H36N2Si/c1-7-12-16(13(6)19,17-14(8-2)9-3)18-15(10-4)11-5/h14-15,17-18H,6-12H2,1-5,19H3. The lowest BCUT2D eigenvalue weighted by molar-refractivity contribution is 0.222. The van der Waals surface area contributed by atoms with Crippen LogP contribution in [0.25, 0.3) is 0 Å². The zero-order chi connectivity index (χ0) is 14.9. The van der Waals surface area contributed by atoms with Crippen molar-refractivity contribution >= 4 is 10.2 Å². The molecular formula is C16H36N2Si. The third kappa shape index (κ3) is 5.80. The van der Waals surface area contributed by atoms with Crippen LogP contribution in [0.3, 0.4) is 0 Å². The molecule has 3 heteroatoms. The second-order valence-corrected chi connectivity index (χ2v) is 6.96. The molecule has 0 amide bonds. The minimum atomic E-state index is -0.0334. The van der Waals surface area contributed by atoms with Gasteiger partial charge in [-0.25, -0.2) is 0 Å². The summed E-state index contributed by atoms with van der Waals surface area (Å²) in [7, 11) is 1.04. The molecule has 19 heavy (non-hydrogen) atoms. The zero-order valence-corrected chi connectivity index (χ0v) is 16.1. The smallest absolute Gasteiger partial charge is 0.0864 e. The summed E-state index contributed by atoms with van der Waals surface area (Å²) in [5, 5.41) is 9.14. The second-order valence-electron chi connectivity index (χ2n) is 5.75. The Morgan fingerprint density at radius 2 is 1.32 bits per heavy atom. The van der Waals surface area contributed by atoms with Gasteiger partial charge in [0.15, 0.2) is 0 Å². The first-order valence-electron chi connectivity index (χ1n) is 8.20. The Morgan fingerprint density at radius 3 is 1.53 bits per heavy atom. The minimum absolute atomic E-state index is 0.0334. The zero-order valence-electron chi connectivity index (χ0n) is 14.1. The monoisotopic (exact) mass is 284 g/mol. The molecule has 2 nitrogen and oxygen atoms in total. The van der Waals surface area contributed by atoms with E-state index >= 15 is 0 Å². The highest BCUT2D eigenvalue weighted by Gasteiger charge is 2.32. The van der Waals surface area contributed by atoms with Crippen molar-refractivity contribution in [3.05, 3.63) is 11.8 Å². The Kier molecular flexibility index (Phi) is 9.67. The number of hydrogen-bond acceptors (Lipinski definition) is 2. The Bertz CT molecular complexity index is 231. The molecule has 0 aromatic heterocycles. The summed E-state index contributed by atoms with van der Waals surface area (Å²) in [6, 6.07) is 1.17. The Hall–Kier alpha value is -0.123. The van der Waals surface area contributed by atoms with Gasteiger partial charge in [0, 0.05) is 22.3 Å². The first-order valence-corrected chi connectivity index (χ1v) is 9.20. The molecule has 0 aliphatic carbocycles. The molecule has 0 fully saturated rings. The van der Waals surface area contributed by atoms with Crippen LogP contribution in [-0.2, 0) is 0 Å². The lowest BCUT2D eigenvalue weighted by Gasteiger charge is -2.42. The molecule has 0 aliphatic heterocycles. The van der Waals surface area contributed by atoms with Gasteiger partial charge in [0.25, 0.3) is 0 Å². The van der Waals surface area contributed by atoms with E-state index in [1.807, 2.05) is 0 Å². The topological polar surface area (TPSA) is 24.1 Å².